The lowest BCUT2D eigenvalue weighted by Crippen LogP contribution is -2.48. The molecule has 3 N–H and O–H groups in total. The lowest BCUT2D eigenvalue weighted by atomic mass is 10.1. The summed E-state index contributed by atoms with van der Waals surface area (Å²) in [7, 11) is 0. The van der Waals surface area contributed by atoms with Gasteiger partial charge < -0.3 is 5.73 Å². The number of nitrogens with one attached hydrogen (secondary N) is 1. The summed E-state index contributed by atoms with van der Waals surface area (Å²) in [5.41, 5.74) is 10.5. The van der Waals surface area contributed by atoms with Gasteiger partial charge in [-0.15, -0.1) is 0 Å². The molecule has 0 saturated heterocycles. The lowest BCUT2D eigenvalue weighted by molar-refractivity contribution is 0.0944. The van der Waals surface area contributed by atoms with Crippen molar-refractivity contribution in [2.75, 3.05) is 23.8 Å². The second-order valence-corrected chi connectivity index (χ2v) is 7.71. The monoisotopic (exact) mass is 416 g/mol. The summed E-state index contributed by atoms with van der Waals surface area (Å²) in [5.74, 6) is 0.375. The van der Waals surface area contributed by atoms with Gasteiger partial charge in [0.25, 0.3) is 5.91 Å². The molecule has 0 bridgehead atoms. The van der Waals surface area contributed by atoms with Crippen molar-refractivity contribution in [2.24, 2.45) is 0 Å². The molecular formula is C21H29ClN6O. The smallest absolute Gasteiger partial charge is 0.269 e. The summed E-state index contributed by atoms with van der Waals surface area (Å²) in [5, 5.41) is 2.13. The molecule has 0 atom stereocenters. The maximum atomic E-state index is 12.9. The Morgan fingerprint density at radius 3 is 2.48 bits per heavy atom. The van der Waals surface area contributed by atoms with E-state index in [1.165, 1.54) is 11.8 Å². The summed E-state index contributed by atoms with van der Waals surface area (Å²) in [4.78, 5) is 23.5. The molecule has 1 aliphatic rings. The Kier molecular flexibility index (Phi) is 7.28. The molecule has 1 saturated carbocycles. The van der Waals surface area contributed by atoms with Crippen LogP contribution in [0.1, 0.15) is 55.5 Å². The summed E-state index contributed by atoms with van der Waals surface area (Å²) in [6.07, 6.45) is 5.60. The second-order valence-electron chi connectivity index (χ2n) is 7.31. The molecular weight excluding hydrogens is 388 g/mol. The molecule has 0 unspecified atom stereocenters. The van der Waals surface area contributed by atoms with Gasteiger partial charge in [-0.2, -0.15) is 4.98 Å². The Morgan fingerprint density at radius 1 is 1.21 bits per heavy atom. The zero-order chi connectivity index (χ0) is 20.8. The minimum absolute atomic E-state index is 0.127. The molecule has 0 radical (unpaired) electrons. The molecule has 156 valence electrons. The minimum atomic E-state index is -0.195. The summed E-state index contributed by atoms with van der Waals surface area (Å²) < 4.78 is 0. The van der Waals surface area contributed by atoms with E-state index >= 15 is 0 Å². The molecule has 1 amide bonds. The van der Waals surface area contributed by atoms with Crippen LogP contribution >= 0.6 is 11.6 Å². The number of hydrogen-bond donors (Lipinski definition) is 2. The van der Waals surface area contributed by atoms with Gasteiger partial charge >= 0.3 is 0 Å². The Bertz CT molecular complexity index is 818. The number of benzene rings is 1. The molecule has 8 heteroatoms. The normalized spacial score (nSPS) is 14.3. The first-order chi connectivity index (χ1) is 14.0. The van der Waals surface area contributed by atoms with Crippen molar-refractivity contribution in [2.45, 2.75) is 52.1 Å². The average Bonchev–Trinajstić information content (AvgIpc) is 3.27. The Hall–Kier alpha value is -2.38. The van der Waals surface area contributed by atoms with E-state index < -0.39 is 0 Å². The molecule has 7 nitrogen and oxygen atoms in total. The number of anilines is 2. The Labute approximate surface area is 177 Å². The number of hydrogen-bond acceptors (Lipinski definition) is 6. The topological polar surface area (TPSA) is 87.4 Å². The molecule has 2 aromatic rings. The number of hydrazine groups is 1. The first kappa shape index (κ1) is 21.3. The highest BCUT2D eigenvalue weighted by atomic mass is 35.5. The summed E-state index contributed by atoms with van der Waals surface area (Å²) in [6, 6.07) is 7.85. The van der Waals surface area contributed by atoms with E-state index in [2.05, 4.69) is 34.1 Å². The number of nitrogens with two attached hydrogens (primary N) is 1. The maximum absolute atomic E-state index is 12.9. The third-order valence-electron chi connectivity index (χ3n) is 5.40. The SMILES string of the molecule is CCN(CC)Cc1ccc(C(=O)NN(c2nc(N)ncc2Cl)C2CCCC2)cc1. The molecule has 29 heavy (non-hydrogen) atoms. The van der Waals surface area contributed by atoms with Crippen molar-refractivity contribution in [3.05, 3.63) is 46.6 Å². The van der Waals surface area contributed by atoms with E-state index in [0.717, 1.165) is 45.3 Å². The van der Waals surface area contributed by atoms with Gasteiger partial charge in [0.2, 0.25) is 5.95 Å². The number of nitrogen functional groups attached to an aromatic ring is 1. The third-order valence-corrected chi connectivity index (χ3v) is 5.67. The fourth-order valence-electron chi connectivity index (χ4n) is 3.66. The van der Waals surface area contributed by atoms with Gasteiger partial charge in [0, 0.05) is 12.1 Å². The summed E-state index contributed by atoms with van der Waals surface area (Å²) in [6.45, 7) is 7.16. The van der Waals surface area contributed by atoms with Crippen molar-refractivity contribution in [3.8, 4) is 0 Å². The van der Waals surface area contributed by atoms with E-state index in [-0.39, 0.29) is 17.9 Å². The highest BCUT2D eigenvalue weighted by Gasteiger charge is 2.28. The van der Waals surface area contributed by atoms with Gasteiger partial charge in [0.05, 0.1) is 12.2 Å². The van der Waals surface area contributed by atoms with Gasteiger partial charge in [-0.25, -0.2) is 4.98 Å². The average molecular weight is 417 g/mol. The number of rotatable bonds is 8. The number of nitrogens with zero attached hydrogens (tertiary/aromatic N) is 4. The number of amides is 1. The van der Waals surface area contributed by atoms with Crippen LogP contribution in [0.2, 0.25) is 5.02 Å². The van der Waals surface area contributed by atoms with Crippen molar-refractivity contribution < 1.29 is 4.79 Å². The van der Waals surface area contributed by atoms with E-state index in [1.54, 1.807) is 5.01 Å². The predicted octanol–water partition coefficient (Wildman–Crippen LogP) is 3.65. The lowest BCUT2D eigenvalue weighted by Gasteiger charge is -2.30. The summed E-state index contributed by atoms with van der Waals surface area (Å²) >= 11 is 6.32. The predicted molar refractivity (Wildman–Crippen MR) is 117 cm³/mol. The van der Waals surface area contributed by atoms with Crippen LogP contribution in [-0.2, 0) is 6.54 Å². The maximum Gasteiger partial charge on any atom is 0.269 e. The molecule has 1 aromatic heterocycles. The molecule has 1 aromatic carbocycles. The highest BCUT2D eigenvalue weighted by Crippen LogP contribution is 2.30. The highest BCUT2D eigenvalue weighted by molar-refractivity contribution is 6.32. The first-order valence-corrected chi connectivity index (χ1v) is 10.6. The van der Waals surface area contributed by atoms with E-state index in [9.17, 15) is 4.79 Å². The number of carbonyl (C=O) groups excluding carboxylic acids is 1. The molecule has 1 heterocycles. The van der Waals surface area contributed by atoms with E-state index in [4.69, 9.17) is 17.3 Å². The first-order valence-electron chi connectivity index (χ1n) is 10.2. The second kappa shape index (κ2) is 9.89. The fraction of sp³-hybridized carbons (Fsp3) is 0.476. The van der Waals surface area contributed by atoms with Crippen LogP contribution in [0.25, 0.3) is 0 Å². The van der Waals surface area contributed by atoms with Crippen molar-refractivity contribution >= 4 is 29.3 Å². The van der Waals surface area contributed by atoms with Crippen LogP contribution in [0.15, 0.2) is 30.5 Å². The minimum Gasteiger partial charge on any atom is -0.368 e. The third kappa shape index (κ3) is 5.36. The quantitative estimate of drug-likeness (QED) is 0.638. The fourth-order valence-corrected chi connectivity index (χ4v) is 3.84. The van der Waals surface area contributed by atoms with E-state index in [1.807, 2.05) is 24.3 Å². The molecule has 3 rings (SSSR count). The zero-order valence-electron chi connectivity index (χ0n) is 17.1. The molecule has 1 aliphatic carbocycles. The van der Waals surface area contributed by atoms with Crippen molar-refractivity contribution in [3.63, 3.8) is 0 Å². The van der Waals surface area contributed by atoms with Crippen LogP contribution in [0.3, 0.4) is 0 Å². The van der Waals surface area contributed by atoms with Gasteiger partial charge in [-0.3, -0.25) is 20.1 Å². The van der Waals surface area contributed by atoms with Gasteiger partial charge in [-0.05, 0) is 43.6 Å². The Morgan fingerprint density at radius 2 is 1.86 bits per heavy atom. The van der Waals surface area contributed by atoms with E-state index in [0.29, 0.717) is 16.4 Å². The standard InChI is InChI=1S/C21H29ClN6O/c1-3-27(4-2)14-15-9-11-16(12-10-15)20(29)26-28(17-7-5-6-8-17)19-18(22)13-24-21(23)25-19/h9-13,17H,3-8,14H2,1-2H3,(H,26,29)(H2,23,24,25). The van der Waals surface area contributed by atoms with Crippen LogP contribution in [-0.4, -0.2) is 39.9 Å². The molecule has 1 fully saturated rings. The largest absolute Gasteiger partial charge is 0.368 e. The van der Waals surface area contributed by atoms with Crippen molar-refractivity contribution in [1.29, 1.82) is 0 Å². The Balaban J connectivity index is 1.77. The molecule has 0 spiro atoms. The van der Waals surface area contributed by atoms with Crippen LogP contribution < -0.4 is 16.2 Å². The van der Waals surface area contributed by atoms with Gasteiger partial charge in [-0.1, -0.05) is 50.4 Å². The number of halogens is 1. The van der Waals surface area contributed by atoms with Crippen LogP contribution in [0, 0.1) is 0 Å². The number of aromatic nitrogens is 2. The van der Waals surface area contributed by atoms with Gasteiger partial charge in [0.1, 0.15) is 5.02 Å². The number of carbonyl (C=O) groups is 1. The molecule has 0 aliphatic heterocycles. The van der Waals surface area contributed by atoms with Crippen molar-refractivity contribution in [1.82, 2.24) is 20.3 Å². The van der Waals surface area contributed by atoms with Crippen LogP contribution in [0.4, 0.5) is 11.8 Å². The van der Waals surface area contributed by atoms with Gasteiger partial charge in [0.15, 0.2) is 5.82 Å². The van der Waals surface area contributed by atoms with Crippen LogP contribution in [0.5, 0.6) is 0 Å². The zero-order valence-corrected chi connectivity index (χ0v) is 17.8.